The van der Waals surface area contributed by atoms with Crippen LogP contribution in [0.4, 0.5) is 17.1 Å². The van der Waals surface area contributed by atoms with Crippen LogP contribution in [0.3, 0.4) is 0 Å². The second-order valence-electron chi connectivity index (χ2n) is 8.37. The average Bonchev–Trinajstić information content (AvgIpc) is 3.46. The average molecular weight is 473 g/mol. The summed E-state index contributed by atoms with van der Waals surface area (Å²) in [7, 11) is 1.91. The molecule has 2 N–H and O–H groups in total. The number of nitrogens with zero attached hydrogens (tertiary/aromatic N) is 2. The number of anilines is 3. The molecule has 1 unspecified atom stereocenters. The van der Waals surface area contributed by atoms with Gasteiger partial charge in [0.2, 0.25) is 5.91 Å². The number of ether oxygens (including phenoxy) is 1. The number of carbonyl (C=O) groups excluding carboxylic acids is 3. The molecule has 2 aliphatic rings. The quantitative estimate of drug-likeness (QED) is 0.338. The second-order valence-corrected chi connectivity index (χ2v) is 8.37. The van der Waals surface area contributed by atoms with Crippen molar-refractivity contribution in [3.63, 3.8) is 0 Å². The van der Waals surface area contributed by atoms with Crippen molar-refractivity contribution in [2.24, 2.45) is 0 Å². The number of rotatable bonds is 4. The Hall–Kier alpha value is -4.53. The first kappa shape index (κ1) is 22.3. The number of carbonyl (C=O) groups is 3. The van der Waals surface area contributed by atoms with Crippen LogP contribution in [-0.4, -0.2) is 42.9 Å². The topological polar surface area (TPSA) is 112 Å². The van der Waals surface area contributed by atoms with Crippen molar-refractivity contribution in [1.29, 1.82) is 0 Å². The first-order valence-corrected chi connectivity index (χ1v) is 11.1. The van der Waals surface area contributed by atoms with Gasteiger partial charge in [0.15, 0.2) is 0 Å². The van der Waals surface area contributed by atoms with E-state index in [1.807, 2.05) is 11.9 Å². The van der Waals surface area contributed by atoms with Gasteiger partial charge in [-0.2, -0.15) is 0 Å². The van der Waals surface area contributed by atoms with E-state index in [1.165, 1.54) is 18.1 Å². The summed E-state index contributed by atoms with van der Waals surface area (Å²) in [6.45, 7) is 2.63. The van der Waals surface area contributed by atoms with Crippen LogP contribution in [0.5, 0.6) is 5.75 Å². The SMILES string of the molecule is CC(=O)Nc1ccc(N2C(=O)C(=O)/C(=C(\O)c3ccc4c(c3)N(C)CCO4)C2c2ccco2)cc1. The van der Waals surface area contributed by atoms with Crippen molar-refractivity contribution in [3.8, 4) is 5.75 Å². The van der Waals surface area contributed by atoms with E-state index in [2.05, 4.69) is 5.32 Å². The van der Waals surface area contributed by atoms with Crippen LogP contribution in [0.25, 0.3) is 5.76 Å². The summed E-state index contributed by atoms with van der Waals surface area (Å²) >= 11 is 0. The van der Waals surface area contributed by atoms with E-state index in [-0.39, 0.29) is 17.2 Å². The maximum absolute atomic E-state index is 13.2. The van der Waals surface area contributed by atoms with Crippen LogP contribution in [0.2, 0.25) is 0 Å². The van der Waals surface area contributed by atoms with E-state index in [4.69, 9.17) is 9.15 Å². The lowest BCUT2D eigenvalue weighted by molar-refractivity contribution is -0.132. The zero-order valence-electron chi connectivity index (χ0n) is 19.1. The fraction of sp³-hybridized carbons (Fsp3) is 0.192. The lowest BCUT2D eigenvalue weighted by atomic mass is 9.98. The third kappa shape index (κ3) is 3.90. The standard InChI is InChI=1S/C26H23N3O6/c1-15(30)27-17-6-8-18(9-7-17)29-23(21-4-3-12-34-21)22(25(32)26(29)33)24(31)16-5-10-20-19(14-16)28(2)11-13-35-20/h3-10,12,14,23,31H,11,13H2,1-2H3,(H,27,30)/b24-22-. The van der Waals surface area contributed by atoms with Gasteiger partial charge in [0, 0.05) is 30.9 Å². The van der Waals surface area contributed by atoms with Crippen LogP contribution in [-0.2, 0) is 14.4 Å². The number of aliphatic hydroxyl groups is 1. The smallest absolute Gasteiger partial charge is 0.300 e. The molecule has 3 aromatic rings. The first-order valence-electron chi connectivity index (χ1n) is 11.1. The van der Waals surface area contributed by atoms with Crippen molar-refractivity contribution in [2.45, 2.75) is 13.0 Å². The Morgan fingerprint density at radius 3 is 2.57 bits per heavy atom. The Bertz CT molecular complexity index is 1340. The van der Waals surface area contributed by atoms with E-state index in [0.717, 1.165) is 5.69 Å². The molecule has 0 aliphatic carbocycles. The van der Waals surface area contributed by atoms with Crippen molar-refractivity contribution < 1.29 is 28.6 Å². The predicted molar refractivity (Wildman–Crippen MR) is 129 cm³/mol. The minimum atomic E-state index is -0.971. The van der Waals surface area contributed by atoms with Crippen LogP contribution in [0.15, 0.2) is 70.9 Å². The van der Waals surface area contributed by atoms with Gasteiger partial charge in [-0.1, -0.05) is 0 Å². The third-order valence-electron chi connectivity index (χ3n) is 6.05. The van der Waals surface area contributed by atoms with E-state index < -0.39 is 17.7 Å². The molecule has 9 nitrogen and oxygen atoms in total. The summed E-state index contributed by atoms with van der Waals surface area (Å²) in [5.74, 6) is -1.14. The van der Waals surface area contributed by atoms with Crippen LogP contribution in [0.1, 0.15) is 24.3 Å². The van der Waals surface area contributed by atoms with E-state index in [9.17, 15) is 19.5 Å². The second kappa shape index (κ2) is 8.68. The predicted octanol–water partition coefficient (Wildman–Crippen LogP) is 3.69. The number of Topliss-reactive ketones (excluding diaryl/α,β-unsaturated/α-hetero) is 1. The Morgan fingerprint density at radius 2 is 1.89 bits per heavy atom. The number of aliphatic hydroxyl groups excluding tert-OH is 1. The fourth-order valence-corrected chi connectivity index (χ4v) is 4.38. The lowest BCUT2D eigenvalue weighted by Crippen LogP contribution is -2.29. The zero-order chi connectivity index (χ0) is 24.7. The molecule has 5 rings (SSSR count). The fourth-order valence-electron chi connectivity index (χ4n) is 4.38. The number of nitrogens with one attached hydrogen (secondary N) is 1. The van der Waals surface area contributed by atoms with Gasteiger partial charge < -0.3 is 24.5 Å². The van der Waals surface area contributed by atoms with Gasteiger partial charge in [-0.15, -0.1) is 0 Å². The van der Waals surface area contributed by atoms with E-state index >= 15 is 0 Å². The van der Waals surface area contributed by atoms with Crippen molar-refractivity contribution in [3.05, 3.63) is 77.8 Å². The molecule has 178 valence electrons. The molecule has 2 amide bonds. The summed E-state index contributed by atoms with van der Waals surface area (Å²) in [5, 5.41) is 14.0. The highest BCUT2D eigenvalue weighted by Crippen LogP contribution is 2.43. The Balaban J connectivity index is 1.61. The molecule has 2 aliphatic heterocycles. The third-order valence-corrected chi connectivity index (χ3v) is 6.05. The number of benzene rings is 2. The molecule has 0 spiro atoms. The summed E-state index contributed by atoms with van der Waals surface area (Å²) in [6, 6.07) is 14.0. The van der Waals surface area contributed by atoms with Crippen LogP contribution >= 0.6 is 0 Å². The van der Waals surface area contributed by atoms with Gasteiger partial charge in [-0.3, -0.25) is 19.3 Å². The highest BCUT2D eigenvalue weighted by Gasteiger charge is 2.48. The normalized spacial score (nSPS) is 18.9. The first-order chi connectivity index (χ1) is 16.8. The van der Waals surface area contributed by atoms with Gasteiger partial charge >= 0.3 is 0 Å². The monoisotopic (exact) mass is 473 g/mol. The highest BCUT2D eigenvalue weighted by molar-refractivity contribution is 6.51. The van der Waals surface area contributed by atoms with Gasteiger partial charge in [0.05, 0.1) is 24.1 Å². The lowest BCUT2D eigenvalue weighted by Gasteiger charge is -2.28. The molecule has 1 aromatic heterocycles. The molecular formula is C26H23N3O6. The zero-order valence-corrected chi connectivity index (χ0v) is 19.1. The molecule has 0 radical (unpaired) electrons. The van der Waals surface area contributed by atoms with E-state index in [1.54, 1.807) is 54.6 Å². The van der Waals surface area contributed by atoms with Gasteiger partial charge in [-0.25, -0.2) is 0 Å². The van der Waals surface area contributed by atoms with Gasteiger partial charge in [0.1, 0.15) is 29.9 Å². The summed E-state index contributed by atoms with van der Waals surface area (Å²) in [4.78, 5) is 41.1. The molecular weight excluding hydrogens is 450 g/mol. The Kier molecular flexibility index (Phi) is 5.52. The molecule has 35 heavy (non-hydrogen) atoms. The number of hydrogen-bond acceptors (Lipinski definition) is 7. The van der Waals surface area contributed by atoms with Crippen molar-refractivity contribution in [1.82, 2.24) is 0 Å². The van der Waals surface area contributed by atoms with Crippen molar-refractivity contribution >= 4 is 40.4 Å². The Morgan fingerprint density at radius 1 is 1.11 bits per heavy atom. The largest absolute Gasteiger partial charge is 0.507 e. The molecule has 1 atom stereocenters. The highest BCUT2D eigenvalue weighted by atomic mass is 16.5. The van der Waals surface area contributed by atoms with Crippen LogP contribution < -0.4 is 19.9 Å². The summed E-state index contributed by atoms with van der Waals surface area (Å²) < 4.78 is 11.3. The number of amides is 2. The maximum Gasteiger partial charge on any atom is 0.300 e. The molecule has 9 heteroatoms. The van der Waals surface area contributed by atoms with Crippen LogP contribution in [0, 0.1) is 0 Å². The Labute approximate surface area is 201 Å². The van der Waals surface area contributed by atoms with Crippen molar-refractivity contribution in [2.75, 3.05) is 35.3 Å². The number of ketones is 1. The van der Waals surface area contributed by atoms with E-state index in [0.29, 0.717) is 41.6 Å². The minimum absolute atomic E-state index is 0.0739. The summed E-state index contributed by atoms with van der Waals surface area (Å²) in [6.07, 6.45) is 1.44. The molecule has 0 saturated carbocycles. The molecule has 1 fully saturated rings. The molecule has 2 aromatic carbocycles. The molecule has 0 bridgehead atoms. The summed E-state index contributed by atoms with van der Waals surface area (Å²) in [5.41, 5.74) is 2.05. The minimum Gasteiger partial charge on any atom is -0.507 e. The number of furan rings is 1. The molecule has 1 saturated heterocycles. The van der Waals surface area contributed by atoms with Gasteiger partial charge in [-0.05, 0) is 54.6 Å². The number of hydrogen-bond donors (Lipinski definition) is 2. The van der Waals surface area contributed by atoms with Gasteiger partial charge in [0.25, 0.3) is 11.7 Å². The maximum atomic E-state index is 13.2. The number of fused-ring (bicyclic) bond motifs is 1. The molecule has 3 heterocycles. The number of likely N-dealkylation sites (N-methyl/N-ethyl adjacent to an activating group) is 1.